The number of ether oxygens (including phenoxy) is 1. The van der Waals surface area contributed by atoms with Crippen LogP contribution >= 0.6 is 35.0 Å². The van der Waals surface area contributed by atoms with Crippen LogP contribution in [-0.2, 0) is 10.5 Å². The molecule has 0 aliphatic rings. The topological polar surface area (TPSA) is 38.3 Å². The third kappa shape index (κ3) is 5.93. The molecule has 0 aliphatic heterocycles. The number of hydrogen-bond donors (Lipinski definition) is 1. The summed E-state index contributed by atoms with van der Waals surface area (Å²) in [5, 5.41) is 4.11. The molecule has 0 spiro atoms. The Morgan fingerprint density at radius 1 is 0.963 bits per heavy atom. The molecule has 27 heavy (non-hydrogen) atoms. The number of para-hydroxylation sites is 3. The van der Waals surface area contributed by atoms with Crippen LogP contribution in [0.2, 0.25) is 10.0 Å². The number of anilines is 1. The maximum absolute atomic E-state index is 12.3. The van der Waals surface area contributed by atoms with Crippen LogP contribution in [0, 0.1) is 0 Å². The van der Waals surface area contributed by atoms with E-state index in [-0.39, 0.29) is 5.91 Å². The van der Waals surface area contributed by atoms with Gasteiger partial charge in [-0.1, -0.05) is 59.6 Å². The summed E-state index contributed by atoms with van der Waals surface area (Å²) in [7, 11) is 0. The Morgan fingerprint density at radius 2 is 1.70 bits per heavy atom. The van der Waals surface area contributed by atoms with Crippen LogP contribution in [0.1, 0.15) is 5.56 Å². The molecule has 3 nitrogen and oxygen atoms in total. The number of carbonyl (C=O) groups is 1. The molecule has 3 aromatic rings. The van der Waals surface area contributed by atoms with E-state index in [0.29, 0.717) is 38.7 Å². The van der Waals surface area contributed by atoms with Crippen LogP contribution in [0.25, 0.3) is 0 Å². The van der Waals surface area contributed by atoms with Gasteiger partial charge in [0.15, 0.2) is 5.75 Å². The summed E-state index contributed by atoms with van der Waals surface area (Å²) in [6.45, 7) is 0. The van der Waals surface area contributed by atoms with Gasteiger partial charge in [-0.25, -0.2) is 0 Å². The number of rotatable bonds is 7. The number of benzene rings is 3. The second kappa shape index (κ2) is 9.70. The molecule has 1 N–H and O–H groups in total. The minimum Gasteiger partial charge on any atom is -0.455 e. The van der Waals surface area contributed by atoms with Gasteiger partial charge >= 0.3 is 0 Å². The molecule has 0 saturated carbocycles. The molecule has 0 aliphatic carbocycles. The first-order valence-corrected chi connectivity index (χ1v) is 10.2. The quantitative estimate of drug-likeness (QED) is 0.466. The van der Waals surface area contributed by atoms with Crippen LogP contribution < -0.4 is 10.1 Å². The molecule has 0 heterocycles. The van der Waals surface area contributed by atoms with Gasteiger partial charge in [0.1, 0.15) is 5.75 Å². The van der Waals surface area contributed by atoms with E-state index < -0.39 is 0 Å². The van der Waals surface area contributed by atoms with Crippen LogP contribution in [0.5, 0.6) is 11.5 Å². The van der Waals surface area contributed by atoms with Crippen molar-refractivity contribution in [2.24, 2.45) is 0 Å². The van der Waals surface area contributed by atoms with Gasteiger partial charge in [-0.3, -0.25) is 4.79 Å². The molecule has 0 atom stereocenters. The first-order chi connectivity index (χ1) is 13.1. The van der Waals surface area contributed by atoms with Gasteiger partial charge in [0.2, 0.25) is 5.91 Å². The molecular formula is C21H17Cl2NO2S. The number of hydrogen-bond acceptors (Lipinski definition) is 3. The second-order valence-electron chi connectivity index (χ2n) is 5.69. The fraction of sp³-hybridized carbons (Fsp3) is 0.0952. The fourth-order valence-electron chi connectivity index (χ4n) is 2.35. The lowest BCUT2D eigenvalue weighted by atomic mass is 10.2. The normalized spacial score (nSPS) is 10.4. The molecule has 0 radical (unpaired) electrons. The van der Waals surface area contributed by atoms with Crippen molar-refractivity contribution in [3.63, 3.8) is 0 Å². The fourth-order valence-corrected chi connectivity index (χ4v) is 3.74. The summed E-state index contributed by atoms with van der Waals surface area (Å²) in [6.07, 6.45) is 0. The van der Waals surface area contributed by atoms with Crippen molar-refractivity contribution in [1.29, 1.82) is 0 Å². The van der Waals surface area contributed by atoms with E-state index in [9.17, 15) is 4.79 Å². The molecule has 0 aromatic heterocycles. The highest BCUT2D eigenvalue weighted by Crippen LogP contribution is 2.29. The average molecular weight is 418 g/mol. The van der Waals surface area contributed by atoms with E-state index in [1.165, 1.54) is 11.8 Å². The predicted octanol–water partition coefficient (Wildman–Crippen LogP) is 6.66. The third-order valence-electron chi connectivity index (χ3n) is 3.64. The minimum atomic E-state index is -0.103. The van der Waals surface area contributed by atoms with Crippen molar-refractivity contribution in [2.75, 3.05) is 11.1 Å². The maximum Gasteiger partial charge on any atom is 0.234 e. The SMILES string of the molecule is O=C(CSCc1ccc(Cl)cc1Cl)Nc1ccccc1Oc1ccccc1. The minimum absolute atomic E-state index is 0.103. The average Bonchev–Trinajstić information content (AvgIpc) is 2.66. The number of halogens is 2. The van der Waals surface area contributed by atoms with E-state index in [4.69, 9.17) is 27.9 Å². The molecule has 3 aromatic carbocycles. The molecule has 0 fully saturated rings. The Balaban J connectivity index is 1.56. The van der Waals surface area contributed by atoms with Gasteiger partial charge in [0.05, 0.1) is 11.4 Å². The van der Waals surface area contributed by atoms with Crippen LogP contribution in [0.4, 0.5) is 5.69 Å². The van der Waals surface area contributed by atoms with Crippen molar-refractivity contribution >= 4 is 46.6 Å². The highest BCUT2D eigenvalue weighted by Gasteiger charge is 2.09. The Kier molecular flexibility index (Phi) is 7.04. The summed E-state index contributed by atoms with van der Waals surface area (Å²) < 4.78 is 5.86. The summed E-state index contributed by atoms with van der Waals surface area (Å²) in [6, 6.07) is 22.2. The number of carbonyl (C=O) groups excluding carboxylic acids is 1. The van der Waals surface area contributed by atoms with Crippen LogP contribution in [0.3, 0.4) is 0 Å². The standard InChI is InChI=1S/C21H17Cl2NO2S/c22-16-11-10-15(18(23)12-16)13-27-14-21(25)24-19-8-4-5-9-20(19)26-17-6-2-1-3-7-17/h1-12H,13-14H2,(H,24,25). The molecule has 1 amide bonds. The van der Waals surface area contributed by atoms with Crippen LogP contribution in [0.15, 0.2) is 72.8 Å². The second-order valence-corrected chi connectivity index (χ2v) is 7.52. The van der Waals surface area contributed by atoms with E-state index in [2.05, 4.69) is 5.32 Å². The smallest absolute Gasteiger partial charge is 0.234 e. The first-order valence-electron chi connectivity index (χ1n) is 8.25. The Morgan fingerprint density at radius 3 is 2.48 bits per heavy atom. The summed E-state index contributed by atoms with van der Waals surface area (Å²) >= 11 is 13.5. The zero-order valence-electron chi connectivity index (χ0n) is 14.3. The van der Waals surface area contributed by atoms with E-state index in [0.717, 1.165) is 5.56 Å². The predicted molar refractivity (Wildman–Crippen MR) is 114 cm³/mol. The zero-order valence-corrected chi connectivity index (χ0v) is 16.7. The summed E-state index contributed by atoms with van der Waals surface area (Å²) in [5.41, 5.74) is 1.59. The highest BCUT2D eigenvalue weighted by molar-refractivity contribution is 7.99. The molecular weight excluding hydrogens is 401 g/mol. The van der Waals surface area contributed by atoms with Crippen molar-refractivity contribution < 1.29 is 9.53 Å². The maximum atomic E-state index is 12.3. The summed E-state index contributed by atoms with van der Waals surface area (Å²) in [4.78, 5) is 12.3. The lowest BCUT2D eigenvalue weighted by Crippen LogP contribution is -2.14. The lowest BCUT2D eigenvalue weighted by molar-refractivity contribution is -0.113. The monoisotopic (exact) mass is 417 g/mol. The molecule has 3 rings (SSSR count). The van der Waals surface area contributed by atoms with Crippen molar-refractivity contribution in [2.45, 2.75) is 5.75 Å². The van der Waals surface area contributed by atoms with Crippen molar-refractivity contribution in [3.05, 3.63) is 88.4 Å². The van der Waals surface area contributed by atoms with Gasteiger partial charge in [-0.15, -0.1) is 11.8 Å². The van der Waals surface area contributed by atoms with Crippen molar-refractivity contribution in [1.82, 2.24) is 0 Å². The number of thioether (sulfide) groups is 1. The highest BCUT2D eigenvalue weighted by atomic mass is 35.5. The van der Waals surface area contributed by atoms with Gasteiger partial charge in [0.25, 0.3) is 0 Å². The molecule has 0 bridgehead atoms. The lowest BCUT2D eigenvalue weighted by Gasteiger charge is -2.12. The van der Waals surface area contributed by atoms with E-state index in [1.54, 1.807) is 12.1 Å². The molecule has 0 saturated heterocycles. The Labute approximate surface area is 172 Å². The number of amides is 1. The summed E-state index contributed by atoms with van der Waals surface area (Å²) in [5.74, 6) is 2.15. The first kappa shape index (κ1) is 19.6. The van der Waals surface area contributed by atoms with Gasteiger partial charge < -0.3 is 10.1 Å². The van der Waals surface area contributed by atoms with Gasteiger partial charge in [-0.2, -0.15) is 0 Å². The third-order valence-corrected chi connectivity index (χ3v) is 5.21. The molecule has 6 heteroatoms. The molecule has 138 valence electrons. The van der Waals surface area contributed by atoms with Gasteiger partial charge in [-0.05, 0) is 42.0 Å². The van der Waals surface area contributed by atoms with E-state index >= 15 is 0 Å². The van der Waals surface area contributed by atoms with Crippen LogP contribution in [-0.4, -0.2) is 11.7 Å². The van der Waals surface area contributed by atoms with E-state index in [1.807, 2.05) is 60.7 Å². The Bertz CT molecular complexity index is 919. The largest absolute Gasteiger partial charge is 0.455 e. The number of nitrogens with one attached hydrogen (secondary N) is 1. The van der Waals surface area contributed by atoms with Crippen molar-refractivity contribution in [3.8, 4) is 11.5 Å². The Hall–Kier alpha value is -2.14. The zero-order chi connectivity index (χ0) is 19.1. The van der Waals surface area contributed by atoms with Gasteiger partial charge in [0, 0.05) is 15.8 Å². The molecule has 0 unspecified atom stereocenters.